The standard InChI is InChI=1S/C17H14Cl3F3N2OS/c1-8(12-4-3-11(18)6-13(12)19)25-15(26)9(2)27-16-14(20)5-10(7-24-16)17(21,22)23/h3-9H,1-2H3,(H,25,26)/t8-,9+/m0/s1. The van der Waals surface area contributed by atoms with E-state index in [0.717, 1.165) is 17.8 Å². The summed E-state index contributed by atoms with van der Waals surface area (Å²) < 4.78 is 38.0. The number of thioether (sulfide) groups is 1. The molecule has 1 heterocycles. The fourth-order valence-corrected chi connectivity index (χ4v) is 3.82. The van der Waals surface area contributed by atoms with Crippen molar-refractivity contribution in [1.29, 1.82) is 0 Å². The van der Waals surface area contributed by atoms with Crippen LogP contribution < -0.4 is 5.32 Å². The molecule has 0 bridgehead atoms. The first-order chi connectivity index (χ1) is 12.5. The average molecular weight is 458 g/mol. The van der Waals surface area contributed by atoms with Crippen LogP contribution in [0.25, 0.3) is 0 Å². The van der Waals surface area contributed by atoms with Crippen LogP contribution in [0.5, 0.6) is 0 Å². The summed E-state index contributed by atoms with van der Waals surface area (Å²) in [6.07, 6.45) is -3.84. The van der Waals surface area contributed by atoms with Gasteiger partial charge in [-0.3, -0.25) is 4.79 Å². The van der Waals surface area contributed by atoms with Gasteiger partial charge >= 0.3 is 6.18 Å². The van der Waals surface area contributed by atoms with Gasteiger partial charge in [0.05, 0.1) is 21.9 Å². The van der Waals surface area contributed by atoms with Gasteiger partial charge in [-0.2, -0.15) is 13.2 Å². The highest BCUT2D eigenvalue weighted by Gasteiger charge is 2.32. The summed E-state index contributed by atoms with van der Waals surface area (Å²) in [5.41, 5.74) is -0.253. The molecule has 0 radical (unpaired) electrons. The van der Waals surface area contributed by atoms with Gasteiger partial charge in [-0.1, -0.05) is 52.6 Å². The first-order valence-electron chi connectivity index (χ1n) is 7.63. The number of alkyl halides is 3. The minimum absolute atomic E-state index is 0.143. The number of carbonyl (C=O) groups excluding carboxylic acids is 1. The molecule has 0 saturated carbocycles. The van der Waals surface area contributed by atoms with Gasteiger partial charge in [-0.05, 0) is 37.6 Å². The molecule has 2 rings (SSSR count). The van der Waals surface area contributed by atoms with Gasteiger partial charge in [-0.15, -0.1) is 0 Å². The van der Waals surface area contributed by atoms with E-state index in [1.54, 1.807) is 32.0 Å². The Labute approximate surface area is 173 Å². The summed E-state index contributed by atoms with van der Waals surface area (Å²) in [5, 5.41) is 3.03. The second kappa shape index (κ2) is 8.90. The number of amides is 1. The molecule has 0 saturated heterocycles. The van der Waals surface area contributed by atoms with Crippen molar-refractivity contribution in [2.45, 2.75) is 36.3 Å². The second-order valence-corrected chi connectivity index (χ2v) is 8.25. The molecular weight excluding hydrogens is 444 g/mol. The highest BCUT2D eigenvalue weighted by molar-refractivity contribution is 8.00. The zero-order valence-corrected chi connectivity index (χ0v) is 17.2. The van der Waals surface area contributed by atoms with Gasteiger partial charge in [-0.25, -0.2) is 4.98 Å². The summed E-state index contributed by atoms with van der Waals surface area (Å²) >= 11 is 18.8. The number of carbonyl (C=O) groups is 1. The SMILES string of the molecule is C[C@H](NC(=O)[C@@H](C)Sc1ncc(C(F)(F)F)cc1Cl)c1ccc(Cl)cc1Cl. The maximum absolute atomic E-state index is 12.7. The van der Waals surface area contributed by atoms with Crippen LogP contribution in [0.4, 0.5) is 13.2 Å². The number of benzene rings is 1. The number of rotatable bonds is 5. The van der Waals surface area contributed by atoms with Crippen molar-refractivity contribution in [3.63, 3.8) is 0 Å². The molecular formula is C17H14Cl3F3N2OS. The molecule has 0 spiro atoms. The van der Waals surface area contributed by atoms with Crippen LogP contribution in [0, 0.1) is 0 Å². The van der Waals surface area contributed by atoms with E-state index < -0.39 is 17.0 Å². The van der Waals surface area contributed by atoms with Gasteiger partial charge in [0.25, 0.3) is 0 Å². The Kier molecular flexibility index (Phi) is 7.30. The topological polar surface area (TPSA) is 42.0 Å². The Bertz CT molecular complexity index is 849. The monoisotopic (exact) mass is 456 g/mol. The van der Waals surface area contributed by atoms with E-state index in [9.17, 15) is 18.0 Å². The maximum atomic E-state index is 12.7. The lowest BCUT2D eigenvalue weighted by Crippen LogP contribution is -2.33. The number of halogens is 6. The van der Waals surface area contributed by atoms with E-state index in [1.165, 1.54) is 0 Å². The number of nitrogens with zero attached hydrogens (tertiary/aromatic N) is 1. The van der Waals surface area contributed by atoms with Gasteiger partial charge in [0.1, 0.15) is 5.03 Å². The van der Waals surface area contributed by atoms with Gasteiger partial charge < -0.3 is 5.32 Å². The quantitative estimate of drug-likeness (QED) is 0.527. The van der Waals surface area contributed by atoms with Gasteiger partial charge in [0, 0.05) is 16.2 Å². The predicted molar refractivity (Wildman–Crippen MR) is 103 cm³/mol. The smallest absolute Gasteiger partial charge is 0.349 e. The zero-order valence-electron chi connectivity index (χ0n) is 14.1. The van der Waals surface area contributed by atoms with Crippen molar-refractivity contribution in [3.05, 3.63) is 56.7 Å². The van der Waals surface area contributed by atoms with E-state index in [1.807, 2.05) is 0 Å². The molecule has 0 aliphatic heterocycles. The molecule has 0 aliphatic rings. The molecule has 3 nitrogen and oxygen atoms in total. The summed E-state index contributed by atoms with van der Waals surface area (Å²) in [5.74, 6) is -0.337. The molecule has 1 amide bonds. The van der Waals surface area contributed by atoms with E-state index >= 15 is 0 Å². The molecule has 1 aromatic heterocycles. The lowest BCUT2D eigenvalue weighted by atomic mass is 10.1. The van der Waals surface area contributed by atoms with Crippen LogP contribution in [0.3, 0.4) is 0 Å². The normalized spacial score (nSPS) is 13.9. The van der Waals surface area contributed by atoms with Gasteiger partial charge in [0.2, 0.25) is 5.91 Å². The second-order valence-electron chi connectivity index (χ2n) is 5.66. The van der Waals surface area contributed by atoms with E-state index in [0.29, 0.717) is 21.8 Å². The van der Waals surface area contributed by atoms with Crippen molar-refractivity contribution in [3.8, 4) is 0 Å². The van der Waals surface area contributed by atoms with Crippen LogP contribution in [-0.4, -0.2) is 16.1 Å². The zero-order chi connectivity index (χ0) is 20.4. The highest BCUT2D eigenvalue weighted by atomic mass is 35.5. The summed E-state index contributed by atoms with van der Waals surface area (Å²) in [6, 6.07) is 5.35. The molecule has 2 aromatic rings. The number of hydrogen-bond acceptors (Lipinski definition) is 3. The molecule has 0 unspecified atom stereocenters. The van der Waals surface area contributed by atoms with Crippen molar-refractivity contribution in [2.75, 3.05) is 0 Å². The summed E-state index contributed by atoms with van der Waals surface area (Å²) in [7, 11) is 0. The number of nitrogens with one attached hydrogen (secondary N) is 1. The van der Waals surface area contributed by atoms with Crippen LogP contribution in [0.15, 0.2) is 35.5 Å². The molecule has 10 heteroatoms. The lowest BCUT2D eigenvalue weighted by molar-refractivity contribution is -0.137. The van der Waals surface area contributed by atoms with Crippen LogP contribution in [0.1, 0.15) is 31.0 Å². The molecule has 0 aliphatic carbocycles. The fraction of sp³-hybridized carbons (Fsp3) is 0.294. The molecule has 27 heavy (non-hydrogen) atoms. The van der Waals surface area contributed by atoms with E-state index in [4.69, 9.17) is 34.8 Å². The Morgan fingerprint density at radius 2 is 1.81 bits per heavy atom. The lowest BCUT2D eigenvalue weighted by Gasteiger charge is -2.19. The minimum atomic E-state index is -4.53. The Morgan fingerprint density at radius 3 is 2.37 bits per heavy atom. The molecule has 146 valence electrons. The van der Waals surface area contributed by atoms with E-state index in [-0.39, 0.29) is 22.0 Å². The highest BCUT2D eigenvalue weighted by Crippen LogP contribution is 2.35. The number of aromatic nitrogens is 1. The molecule has 0 fully saturated rings. The Balaban J connectivity index is 2.05. The third-order valence-corrected chi connectivity index (χ3v) is 5.66. The third-order valence-electron chi connectivity index (χ3n) is 3.58. The third kappa shape index (κ3) is 5.91. The van der Waals surface area contributed by atoms with Crippen molar-refractivity contribution in [2.24, 2.45) is 0 Å². The largest absolute Gasteiger partial charge is 0.417 e. The fourth-order valence-electron chi connectivity index (χ4n) is 2.15. The van der Waals surface area contributed by atoms with Crippen molar-refractivity contribution in [1.82, 2.24) is 10.3 Å². The summed E-state index contributed by atoms with van der Waals surface area (Å²) in [6.45, 7) is 3.36. The van der Waals surface area contributed by atoms with Crippen LogP contribution >= 0.6 is 46.6 Å². The first kappa shape index (κ1) is 22.1. The molecule has 1 N–H and O–H groups in total. The van der Waals surface area contributed by atoms with Gasteiger partial charge in [0.15, 0.2) is 0 Å². The molecule has 1 aromatic carbocycles. The predicted octanol–water partition coefficient (Wildman–Crippen LogP) is 6.42. The molecule has 2 atom stereocenters. The Morgan fingerprint density at radius 1 is 1.15 bits per heavy atom. The maximum Gasteiger partial charge on any atom is 0.417 e. The van der Waals surface area contributed by atoms with Crippen LogP contribution in [0.2, 0.25) is 15.1 Å². The number of hydrogen-bond donors (Lipinski definition) is 1. The van der Waals surface area contributed by atoms with E-state index in [2.05, 4.69) is 10.3 Å². The summed E-state index contributed by atoms with van der Waals surface area (Å²) in [4.78, 5) is 16.1. The first-order valence-corrected chi connectivity index (χ1v) is 9.65. The van der Waals surface area contributed by atoms with Crippen LogP contribution in [-0.2, 0) is 11.0 Å². The number of pyridine rings is 1. The average Bonchev–Trinajstić information content (AvgIpc) is 2.55. The minimum Gasteiger partial charge on any atom is -0.349 e. The Hall–Kier alpha value is -1.15. The van der Waals surface area contributed by atoms with Crippen molar-refractivity contribution < 1.29 is 18.0 Å². The van der Waals surface area contributed by atoms with Crippen molar-refractivity contribution >= 4 is 52.5 Å².